The number of hydrogen-bond donors (Lipinski definition) is 2. The first kappa shape index (κ1) is 8.46. The molecule has 6 heteroatoms. The summed E-state index contributed by atoms with van der Waals surface area (Å²) in [5.74, 6) is 0.481. The van der Waals surface area contributed by atoms with Gasteiger partial charge in [-0.1, -0.05) is 0 Å². The minimum Gasteiger partial charge on any atom is -0.462 e. The van der Waals surface area contributed by atoms with E-state index in [9.17, 15) is 4.79 Å². The highest BCUT2D eigenvalue weighted by Crippen LogP contribution is 2.27. The lowest BCUT2D eigenvalue weighted by Gasteiger charge is -2.21. The number of nitrogens with two attached hydrogens (primary N) is 1. The van der Waals surface area contributed by atoms with Gasteiger partial charge in [0.1, 0.15) is 4.60 Å². The van der Waals surface area contributed by atoms with E-state index < -0.39 is 12.1 Å². The van der Waals surface area contributed by atoms with Crippen LogP contribution in [0.5, 0.6) is 5.75 Å². The number of nitrogens with zero attached hydrogens (tertiary/aromatic N) is 1. The molecule has 1 aliphatic rings. The predicted molar refractivity (Wildman–Crippen MR) is 49.2 cm³/mol. The summed E-state index contributed by atoms with van der Waals surface area (Å²) >= 11 is 3.18. The second-order valence-electron chi connectivity index (χ2n) is 2.51. The van der Waals surface area contributed by atoms with Gasteiger partial charge in [0, 0.05) is 0 Å². The molecule has 1 aromatic rings. The van der Waals surface area contributed by atoms with Crippen LogP contribution in [0.25, 0.3) is 0 Å². The van der Waals surface area contributed by atoms with E-state index in [2.05, 4.69) is 26.2 Å². The van der Waals surface area contributed by atoms with Crippen molar-refractivity contribution in [1.82, 2.24) is 4.98 Å². The molecular formula is C7H6BrN3O2. The van der Waals surface area contributed by atoms with Crippen molar-refractivity contribution >= 4 is 27.7 Å². The Bertz CT molecular complexity index is 369. The van der Waals surface area contributed by atoms with Gasteiger partial charge in [-0.3, -0.25) is 10.5 Å². The monoisotopic (exact) mass is 243 g/mol. The van der Waals surface area contributed by atoms with Gasteiger partial charge < -0.3 is 10.1 Å². The van der Waals surface area contributed by atoms with Gasteiger partial charge in [0.05, 0.1) is 0 Å². The second kappa shape index (κ2) is 2.97. The maximum atomic E-state index is 11.1. The largest absolute Gasteiger partial charge is 0.462 e. The van der Waals surface area contributed by atoms with Crippen molar-refractivity contribution < 1.29 is 9.53 Å². The number of fused-ring (bicyclic) bond motifs is 1. The maximum Gasteiger partial charge on any atom is 0.281 e. The summed E-state index contributed by atoms with van der Waals surface area (Å²) in [4.78, 5) is 15.1. The summed E-state index contributed by atoms with van der Waals surface area (Å²) in [6.45, 7) is 0. The van der Waals surface area contributed by atoms with Crippen LogP contribution in [0.1, 0.15) is 0 Å². The first-order valence-electron chi connectivity index (χ1n) is 3.56. The average Bonchev–Trinajstić information content (AvgIpc) is 2.08. The summed E-state index contributed by atoms with van der Waals surface area (Å²) in [7, 11) is 0. The first-order valence-corrected chi connectivity index (χ1v) is 4.36. The topological polar surface area (TPSA) is 77.2 Å². The third kappa shape index (κ3) is 1.50. The van der Waals surface area contributed by atoms with Crippen LogP contribution in [-0.4, -0.2) is 17.1 Å². The Morgan fingerprint density at radius 3 is 3.15 bits per heavy atom. The number of ether oxygens (including phenoxy) is 1. The van der Waals surface area contributed by atoms with E-state index in [1.807, 2.05) is 0 Å². The van der Waals surface area contributed by atoms with Crippen LogP contribution in [0, 0.1) is 0 Å². The molecule has 1 atom stereocenters. The number of amides is 1. The molecule has 13 heavy (non-hydrogen) atoms. The molecular weight excluding hydrogens is 238 g/mol. The Morgan fingerprint density at radius 2 is 2.38 bits per heavy atom. The fourth-order valence-corrected chi connectivity index (χ4v) is 1.29. The van der Waals surface area contributed by atoms with Crippen LogP contribution >= 0.6 is 15.9 Å². The zero-order valence-corrected chi connectivity index (χ0v) is 8.04. The molecule has 0 aliphatic carbocycles. The Hall–Kier alpha value is -1.14. The average molecular weight is 244 g/mol. The van der Waals surface area contributed by atoms with Crippen LogP contribution < -0.4 is 15.8 Å². The number of hydrogen-bond acceptors (Lipinski definition) is 4. The van der Waals surface area contributed by atoms with Gasteiger partial charge in [0.2, 0.25) is 6.23 Å². The van der Waals surface area contributed by atoms with Gasteiger partial charge >= 0.3 is 0 Å². The molecule has 0 fully saturated rings. The Balaban J connectivity index is 2.42. The highest BCUT2D eigenvalue weighted by Gasteiger charge is 2.24. The van der Waals surface area contributed by atoms with E-state index in [1.165, 1.54) is 0 Å². The lowest BCUT2D eigenvalue weighted by atomic mass is 10.3. The van der Waals surface area contributed by atoms with Gasteiger partial charge in [0.25, 0.3) is 5.91 Å². The molecule has 0 bridgehead atoms. The lowest BCUT2D eigenvalue weighted by Crippen LogP contribution is -2.43. The maximum absolute atomic E-state index is 11.1. The summed E-state index contributed by atoms with van der Waals surface area (Å²) in [6.07, 6.45) is -0.949. The van der Waals surface area contributed by atoms with Gasteiger partial charge in [-0.25, -0.2) is 4.98 Å². The number of rotatable bonds is 0. The molecule has 2 rings (SSSR count). The molecule has 1 unspecified atom stereocenters. The summed E-state index contributed by atoms with van der Waals surface area (Å²) < 4.78 is 5.71. The van der Waals surface area contributed by atoms with Crippen LogP contribution in [0.4, 0.5) is 5.82 Å². The van der Waals surface area contributed by atoms with Gasteiger partial charge in [-0.05, 0) is 28.1 Å². The Labute approximate surface area is 82.4 Å². The predicted octanol–water partition coefficient (Wildman–Crippen LogP) is 0.460. The molecule has 2 heterocycles. The van der Waals surface area contributed by atoms with Crippen LogP contribution in [0.3, 0.4) is 0 Å². The van der Waals surface area contributed by atoms with Crippen molar-refractivity contribution in [2.45, 2.75) is 6.23 Å². The molecule has 0 saturated heterocycles. The van der Waals surface area contributed by atoms with Crippen molar-refractivity contribution in [2.24, 2.45) is 5.73 Å². The molecule has 0 saturated carbocycles. The molecule has 0 spiro atoms. The van der Waals surface area contributed by atoms with Crippen LogP contribution in [0.15, 0.2) is 16.7 Å². The number of nitrogens with one attached hydrogen (secondary N) is 1. The van der Waals surface area contributed by atoms with Crippen LogP contribution in [0.2, 0.25) is 0 Å². The number of carbonyl (C=O) groups excluding carboxylic acids is 1. The smallest absolute Gasteiger partial charge is 0.281 e. The van der Waals surface area contributed by atoms with Gasteiger partial charge in [-0.2, -0.15) is 0 Å². The standard InChI is InChI=1S/C7H6BrN3O2/c8-4-2-1-3-6(10-4)11-7(12)5(9)13-3/h1-2,5H,9H2,(H,10,11,12). The molecule has 0 radical (unpaired) electrons. The fraction of sp³-hybridized carbons (Fsp3) is 0.143. The van der Waals surface area contributed by atoms with Crippen molar-refractivity contribution in [2.75, 3.05) is 5.32 Å². The fourth-order valence-electron chi connectivity index (χ4n) is 0.985. The third-order valence-corrected chi connectivity index (χ3v) is 2.02. The normalized spacial score (nSPS) is 20.2. The minimum atomic E-state index is -0.949. The molecule has 1 aromatic heterocycles. The molecule has 1 amide bonds. The number of aromatic nitrogens is 1. The highest BCUT2D eigenvalue weighted by atomic mass is 79.9. The number of carbonyl (C=O) groups is 1. The SMILES string of the molecule is NC1Oc2ccc(Br)nc2NC1=O. The zero-order chi connectivity index (χ0) is 9.42. The van der Waals surface area contributed by atoms with Gasteiger partial charge in [-0.15, -0.1) is 0 Å². The highest BCUT2D eigenvalue weighted by molar-refractivity contribution is 9.10. The van der Waals surface area contributed by atoms with E-state index in [4.69, 9.17) is 10.5 Å². The first-order chi connectivity index (χ1) is 6.16. The number of pyridine rings is 1. The molecule has 68 valence electrons. The van der Waals surface area contributed by atoms with Crippen molar-refractivity contribution in [3.05, 3.63) is 16.7 Å². The summed E-state index contributed by atoms with van der Waals surface area (Å²) in [5.41, 5.74) is 5.36. The van der Waals surface area contributed by atoms with Crippen molar-refractivity contribution in [3.63, 3.8) is 0 Å². The molecule has 3 N–H and O–H groups in total. The molecule has 0 aromatic carbocycles. The number of halogens is 1. The van der Waals surface area contributed by atoms with Crippen molar-refractivity contribution in [3.8, 4) is 5.75 Å². The molecule has 5 nitrogen and oxygen atoms in total. The second-order valence-corrected chi connectivity index (χ2v) is 3.32. The zero-order valence-electron chi connectivity index (χ0n) is 6.45. The van der Waals surface area contributed by atoms with Crippen LogP contribution in [-0.2, 0) is 4.79 Å². The molecule has 1 aliphatic heterocycles. The summed E-state index contributed by atoms with van der Waals surface area (Å²) in [5, 5.41) is 2.52. The van der Waals surface area contributed by atoms with E-state index in [-0.39, 0.29) is 0 Å². The number of anilines is 1. The Kier molecular flexibility index (Phi) is 1.93. The third-order valence-electron chi connectivity index (χ3n) is 1.58. The van der Waals surface area contributed by atoms with Gasteiger partial charge in [0.15, 0.2) is 11.6 Å². The van der Waals surface area contributed by atoms with Crippen molar-refractivity contribution in [1.29, 1.82) is 0 Å². The van der Waals surface area contributed by atoms with E-state index in [0.717, 1.165) is 0 Å². The summed E-state index contributed by atoms with van der Waals surface area (Å²) in [6, 6.07) is 3.40. The lowest BCUT2D eigenvalue weighted by molar-refractivity contribution is -0.123. The quantitative estimate of drug-likeness (QED) is 0.650. The Morgan fingerprint density at radius 1 is 1.62 bits per heavy atom. The van der Waals surface area contributed by atoms with E-state index >= 15 is 0 Å². The van der Waals surface area contributed by atoms with E-state index in [0.29, 0.717) is 16.2 Å². The minimum absolute atomic E-state index is 0.390. The van der Waals surface area contributed by atoms with E-state index in [1.54, 1.807) is 12.1 Å².